The van der Waals surface area contributed by atoms with E-state index in [1.165, 1.54) is 16.7 Å². The first-order chi connectivity index (χ1) is 8.99. The second-order valence-corrected chi connectivity index (χ2v) is 5.88. The van der Waals surface area contributed by atoms with Crippen molar-refractivity contribution < 1.29 is 4.74 Å². The molecule has 0 aliphatic carbocycles. The molecule has 19 heavy (non-hydrogen) atoms. The maximum Gasteiger partial charge on any atom is 0.0895 e. The lowest BCUT2D eigenvalue weighted by Gasteiger charge is -2.38. The van der Waals surface area contributed by atoms with Crippen molar-refractivity contribution in [2.75, 3.05) is 19.7 Å². The van der Waals surface area contributed by atoms with Crippen LogP contribution in [0.25, 0.3) is 0 Å². The van der Waals surface area contributed by atoms with Gasteiger partial charge in [-0.1, -0.05) is 23.8 Å². The molecule has 1 saturated heterocycles. The van der Waals surface area contributed by atoms with Crippen LogP contribution < -0.4 is 5.73 Å². The van der Waals surface area contributed by atoms with E-state index in [1.807, 2.05) is 0 Å². The summed E-state index contributed by atoms with van der Waals surface area (Å²) in [6, 6.07) is 6.98. The Morgan fingerprint density at radius 3 is 2.68 bits per heavy atom. The Bertz CT molecular complexity index is 431. The highest BCUT2D eigenvalue weighted by Crippen LogP contribution is 2.24. The van der Waals surface area contributed by atoms with Crippen LogP contribution in [0.3, 0.4) is 0 Å². The average molecular weight is 262 g/mol. The molecule has 2 unspecified atom stereocenters. The molecule has 0 bridgehead atoms. The normalized spacial score (nSPS) is 22.7. The monoisotopic (exact) mass is 262 g/mol. The number of hydrogen-bond donors (Lipinski definition) is 1. The topological polar surface area (TPSA) is 38.5 Å². The summed E-state index contributed by atoms with van der Waals surface area (Å²) in [6.07, 6.45) is 0.0950. The van der Waals surface area contributed by atoms with Crippen molar-refractivity contribution in [1.82, 2.24) is 4.90 Å². The first kappa shape index (κ1) is 14.5. The fourth-order valence-electron chi connectivity index (χ4n) is 2.78. The second-order valence-electron chi connectivity index (χ2n) is 5.88. The van der Waals surface area contributed by atoms with Crippen molar-refractivity contribution in [1.29, 1.82) is 0 Å². The molecule has 2 atom stereocenters. The number of ether oxygens (including phenoxy) is 1. The smallest absolute Gasteiger partial charge is 0.0895 e. The molecule has 3 heteroatoms. The molecular formula is C16H26N2O. The Morgan fingerprint density at radius 1 is 1.32 bits per heavy atom. The lowest BCUT2D eigenvalue weighted by Crippen LogP contribution is -2.49. The Morgan fingerprint density at radius 2 is 2.05 bits per heavy atom. The number of aryl methyl sites for hydroxylation is 2. The van der Waals surface area contributed by atoms with Gasteiger partial charge >= 0.3 is 0 Å². The van der Waals surface area contributed by atoms with Gasteiger partial charge in [-0.05, 0) is 38.8 Å². The van der Waals surface area contributed by atoms with E-state index in [-0.39, 0.29) is 12.1 Å². The van der Waals surface area contributed by atoms with Gasteiger partial charge in [-0.25, -0.2) is 0 Å². The lowest BCUT2D eigenvalue weighted by atomic mass is 9.95. The van der Waals surface area contributed by atoms with Crippen molar-refractivity contribution in [3.8, 4) is 0 Å². The highest BCUT2D eigenvalue weighted by Gasteiger charge is 2.28. The zero-order valence-electron chi connectivity index (χ0n) is 12.5. The number of nitrogens with two attached hydrogens (primary N) is 1. The van der Waals surface area contributed by atoms with E-state index in [0.717, 1.165) is 19.7 Å². The molecule has 1 heterocycles. The summed E-state index contributed by atoms with van der Waals surface area (Å²) in [5.41, 5.74) is 10.2. The average Bonchev–Trinajstić information content (AvgIpc) is 2.38. The summed E-state index contributed by atoms with van der Waals surface area (Å²) in [5.74, 6) is 0. The van der Waals surface area contributed by atoms with Crippen LogP contribution in [0.2, 0.25) is 0 Å². The Hall–Kier alpha value is -0.900. The van der Waals surface area contributed by atoms with E-state index in [0.29, 0.717) is 6.04 Å². The van der Waals surface area contributed by atoms with Crippen molar-refractivity contribution >= 4 is 0 Å². The number of rotatable bonds is 3. The Labute approximate surface area is 116 Å². The first-order valence-corrected chi connectivity index (χ1v) is 7.17. The van der Waals surface area contributed by atoms with Crippen LogP contribution >= 0.6 is 0 Å². The molecular weight excluding hydrogens is 236 g/mol. The molecule has 1 aliphatic heterocycles. The summed E-state index contributed by atoms with van der Waals surface area (Å²) in [4.78, 5) is 2.44. The lowest BCUT2D eigenvalue weighted by molar-refractivity contribution is -0.0503. The maximum atomic E-state index is 6.43. The van der Waals surface area contributed by atoms with Crippen LogP contribution in [-0.2, 0) is 4.74 Å². The third-order valence-electron chi connectivity index (χ3n) is 4.04. The van der Waals surface area contributed by atoms with Crippen LogP contribution in [0.15, 0.2) is 18.2 Å². The fraction of sp³-hybridized carbons (Fsp3) is 0.625. The third kappa shape index (κ3) is 3.35. The van der Waals surface area contributed by atoms with Gasteiger partial charge in [0.05, 0.1) is 18.8 Å². The van der Waals surface area contributed by atoms with E-state index in [2.05, 4.69) is 50.8 Å². The fourth-order valence-corrected chi connectivity index (χ4v) is 2.78. The zero-order valence-corrected chi connectivity index (χ0v) is 12.5. The Balaban J connectivity index is 2.12. The highest BCUT2D eigenvalue weighted by atomic mass is 16.5. The predicted molar refractivity (Wildman–Crippen MR) is 79.3 cm³/mol. The van der Waals surface area contributed by atoms with Crippen LogP contribution in [0.1, 0.15) is 36.6 Å². The standard InChI is InChI=1S/C16H26N2O/c1-11(2)18-7-8-19-15(10-18)16(17)14-6-5-12(3)9-13(14)4/h5-6,9,11,15-16H,7-8,10,17H2,1-4H3. The molecule has 1 aliphatic rings. The molecule has 0 radical (unpaired) electrons. The van der Waals surface area contributed by atoms with Gasteiger partial charge in [0.1, 0.15) is 0 Å². The molecule has 106 valence electrons. The van der Waals surface area contributed by atoms with Gasteiger partial charge in [0.15, 0.2) is 0 Å². The van der Waals surface area contributed by atoms with Crippen molar-refractivity contribution in [3.63, 3.8) is 0 Å². The largest absolute Gasteiger partial charge is 0.374 e. The van der Waals surface area contributed by atoms with E-state index >= 15 is 0 Å². The zero-order chi connectivity index (χ0) is 14.0. The molecule has 0 aromatic heterocycles. The predicted octanol–water partition coefficient (Wildman–Crippen LogP) is 2.41. The summed E-state index contributed by atoms with van der Waals surface area (Å²) in [6.45, 7) is 11.4. The molecule has 2 N–H and O–H groups in total. The van der Waals surface area contributed by atoms with Gasteiger partial charge in [0.25, 0.3) is 0 Å². The van der Waals surface area contributed by atoms with Gasteiger partial charge in [0.2, 0.25) is 0 Å². The van der Waals surface area contributed by atoms with E-state index in [9.17, 15) is 0 Å². The number of hydrogen-bond acceptors (Lipinski definition) is 3. The van der Waals surface area contributed by atoms with E-state index < -0.39 is 0 Å². The third-order valence-corrected chi connectivity index (χ3v) is 4.04. The van der Waals surface area contributed by atoms with Gasteiger partial charge < -0.3 is 10.5 Å². The molecule has 1 aromatic carbocycles. The first-order valence-electron chi connectivity index (χ1n) is 7.17. The summed E-state index contributed by atoms with van der Waals surface area (Å²) >= 11 is 0. The molecule has 2 rings (SSSR count). The van der Waals surface area contributed by atoms with Gasteiger partial charge in [-0.2, -0.15) is 0 Å². The maximum absolute atomic E-state index is 6.43. The van der Waals surface area contributed by atoms with Crippen LogP contribution in [0, 0.1) is 13.8 Å². The second kappa shape index (κ2) is 6.04. The minimum Gasteiger partial charge on any atom is -0.374 e. The highest BCUT2D eigenvalue weighted by molar-refractivity contribution is 5.33. The van der Waals surface area contributed by atoms with Crippen molar-refractivity contribution in [3.05, 3.63) is 34.9 Å². The van der Waals surface area contributed by atoms with Gasteiger partial charge in [-0.15, -0.1) is 0 Å². The van der Waals surface area contributed by atoms with Crippen molar-refractivity contribution in [2.45, 2.75) is 45.9 Å². The van der Waals surface area contributed by atoms with Crippen molar-refractivity contribution in [2.24, 2.45) is 5.73 Å². The summed E-state index contributed by atoms with van der Waals surface area (Å²) in [5, 5.41) is 0. The molecule has 1 fully saturated rings. The van der Waals surface area contributed by atoms with E-state index in [4.69, 9.17) is 10.5 Å². The van der Waals surface area contributed by atoms with Gasteiger partial charge in [-0.3, -0.25) is 4.90 Å². The van der Waals surface area contributed by atoms with Crippen LogP contribution in [-0.4, -0.2) is 36.7 Å². The van der Waals surface area contributed by atoms with Crippen LogP contribution in [0.5, 0.6) is 0 Å². The number of nitrogens with zero attached hydrogens (tertiary/aromatic N) is 1. The number of benzene rings is 1. The number of morpholine rings is 1. The molecule has 0 spiro atoms. The summed E-state index contributed by atoms with van der Waals surface area (Å²) in [7, 11) is 0. The molecule has 3 nitrogen and oxygen atoms in total. The van der Waals surface area contributed by atoms with E-state index in [1.54, 1.807) is 0 Å². The SMILES string of the molecule is Cc1ccc(C(N)C2CN(C(C)C)CCO2)c(C)c1. The van der Waals surface area contributed by atoms with Gasteiger partial charge in [0, 0.05) is 19.1 Å². The molecule has 0 saturated carbocycles. The summed E-state index contributed by atoms with van der Waals surface area (Å²) < 4.78 is 5.89. The molecule has 0 amide bonds. The Kier molecular flexibility index (Phi) is 4.61. The minimum absolute atomic E-state index is 0.0397. The molecule has 1 aromatic rings. The minimum atomic E-state index is -0.0397. The quantitative estimate of drug-likeness (QED) is 0.909. The van der Waals surface area contributed by atoms with Crippen LogP contribution in [0.4, 0.5) is 0 Å².